The molecule has 1 fully saturated rings. The quantitative estimate of drug-likeness (QED) is 0.191. The summed E-state index contributed by atoms with van der Waals surface area (Å²) < 4.78 is 11.7. The number of nitrogens with zero attached hydrogens (tertiary/aromatic N) is 1. The first-order valence-corrected chi connectivity index (χ1v) is 13.1. The first-order valence-electron chi connectivity index (χ1n) is 11.3. The van der Waals surface area contributed by atoms with Crippen molar-refractivity contribution in [1.29, 1.82) is 0 Å². The van der Waals surface area contributed by atoms with Crippen molar-refractivity contribution in [3.63, 3.8) is 0 Å². The Bertz CT molecular complexity index is 1520. The van der Waals surface area contributed by atoms with Crippen LogP contribution in [0.2, 0.25) is 10.0 Å². The normalized spacial score (nSPS) is 14.3. The van der Waals surface area contributed by atoms with Crippen LogP contribution in [0.1, 0.15) is 11.1 Å². The molecule has 0 aliphatic carbocycles. The van der Waals surface area contributed by atoms with Crippen LogP contribution in [0, 0.1) is 10.5 Å². The zero-order valence-corrected chi connectivity index (χ0v) is 24.2. The minimum Gasteiger partial charge on any atom is -0.493 e. The molecule has 3 aromatic rings. The lowest BCUT2D eigenvalue weighted by Gasteiger charge is -2.26. The number of benzene rings is 3. The van der Waals surface area contributed by atoms with E-state index < -0.39 is 17.8 Å². The number of urea groups is 1. The molecule has 4 rings (SSSR count). The molecule has 1 saturated heterocycles. The fourth-order valence-corrected chi connectivity index (χ4v) is 4.69. The van der Waals surface area contributed by atoms with Gasteiger partial charge in [0.1, 0.15) is 5.57 Å². The van der Waals surface area contributed by atoms with E-state index in [2.05, 4.69) is 10.6 Å². The van der Waals surface area contributed by atoms with Crippen LogP contribution < -0.4 is 25.0 Å². The Morgan fingerprint density at radius 1 is 1.05 bits per heavy atom. The second-order valence-corrected chi connectivity index (χ2v) is 10.3. The summed E-state index contributed by atoms with van der Waals surface area (Å²) in [6, 6.07) is 13.8. The van der Waals surface area contributed by atoms with Crippen molar-refractivity contribution in [2.24, 2.45) is 0 Å². The Morgan fingerprint density at radius 2 is 1.77 bits per heavy atom. The van der Waals surface area contributed by atoms with E-state index in [1.807, 2.05) is 41.6 Å². The third kappa shape index (κ3) is 6.52. The molecule has 1 heterocycles. The second kappa shape index (κ2) is 12.1. The number of barbiturate groups is 1. The fourth-order valence-electron chi connectivity index (χ4n) is 3.62. The van der Waals surface area contributed by atoms with Gasteiger partial charge in [-0.2, -0.15) is 0 Å². The molecule has 5 amide bonds. The maximum absolute atomic E-state index is 13.2. The van der Waals surface area contributed by atoms with E-state index in [1.54, 1.807) is 24.3 Å². The highest BCUT2D eigenvalue weighted by molar-refractivity contribution is 14.1. The smallest absolute Gasteiger partial charge is 0.335 e. The standard InChI is InChI=1S/C27H20Cl2IN3O6/c1-14-3-5-16(6-4-14)31-23(34)13-39-24-21(30)10-15(11-22(24)38-2)9-18-25(35)32-27(37)33(26(18)36)17-7-8-19(28)20(29)12-17/h3-12H,13H2,1-2H3,(H,31,34)(H,32,35,37)/b18-9+. The van der Waals surface area contributed by atoms with Gasteiger partial charge in [0.05, 0.1) is 26.4 Å². The van der Waals surface area contributed by atoms with Crippen molar-refractivity contribution in [3.05, 3.63) is 84.9 Å². The molecular weight excluding hydrogens is 660 g/mol. The van der Waals surface area contributed by atoms with Crippen LogP contribution in [0.3, 0.4) is 0 Å². The lowest BCUT2D eigenvalue weighted by Crippen LogP contribution is -2.54. The number of amides is 5. The van der Waals surface area contributed by atoms with Crippen LogP contribution in [0.15, 0.2) is 60.2 Å². The van der Waals surface area contributed by atoms with Gasteiger partial charge in [0.25, 0.3) is 17.7 Å². The first-order chi connectivity index (χ1) is 18.6. The number of anilines is 2. The third-order valence-electron chi connectivity index (χ3n) is 5.51. The van der Waals surface area contributed by atoms with Gasteiger partial charge in [0, 0.05) is 5.69 Å². The molecule has 2 N–H and O–H groups in total. The SMILES string of the molecule is COc1cc(/C=C2\C(=O)NC(=O)N(c3ccc(Cl)c(Cl)c3)C2=O)cc(I)c1OCC(=O)Nc1ccc(C)cc1. The average Bonchev–Trinajstić information content (AvgIpc) is 2.89. The van der Waals surface area contributed by atoms with Crippen LogP contribution >= 0.6 is 45.8 Å². The zero-order valence-electron chi connectivity index (χ0n) is 20.5. The van der Waals surface area contributed by atoms with Gasteiger partial charge in [0.2, 0.25) is 0 Å². The average molecular weight is 680 g/mol. The van der Waals surface area contributed by atoms with E-state index in [0.717, 1.165) is 10.5 Å². The predicted molar refractivity (Wildman–Crippen MR) is 156 cm³/mol. The monoisotopic (exact) mass is 679 g/mol. The Hall–Kier alpha value is -3.61. The summed E-state index contributed by atoms with van der Waals surface area (Å²) in [6.07, 6.45) is 1.33. The number of methoxy groups -OCH3 is 1. The minimum atomic E-state index is -0.916. The number of hydrogen-bond acceptors (Lipinski definition) is 6. The molecule has 0 spiro atoms. The van der Waals surface area contributed by atoms with Crippen LogP contribution in [-0.4, -0.2) is 37.5 Å². The lowest BCUT2D eigenvalue weighted by molar-refractivity contribution is -0.122. The summed E-state index contributed by atoms with van der Waals surface area (Å²) in [5, 5.41) is 5.29. The summed E-state index contributed by atoms with van der Waals surface area (Å²) in [5.74, 6) is -1.48. The molecule has 0 unspecified atom stereocenters. The highest BCUT2D eigenvalue weighted by Gasteiger charge is 2.37. The summed E-state index contributed by atoms with van der Waals surface area (Å²) in [4.78, 5) is 51.4. The van der Waals surface area contributed by atoms with E-state index in [4.69, 9.17) is 32.7 Å². The maximum atomic E-state index is 13.2. The Balaban J connectivity index is 1.56. The highest BCUT2D eigenvalue weighted by Crippen LogP contribution is 2.35. The van der Waals surface area contributed by atoms with Crippen molar-refractivity contribution in [2.75, 3.05) is 23.9 Å². The Labute approximate surface area is 247 Å². The summed E-state index contributed by atoms with van der Waals surface area (Å²) in [7, 11) is 1.42. The molecule has 39 heavy (non-hydrogen) atoms. The van der Waals surface area contributed by atoms with E-state index in [-0.39, 0.29) is 39.6 Å². The number of hydrogen-bond donors (Lipinski definition) is 2. The van der Waals surface area contributed by atoms with Gasteiger partial charge in [-0.1, -0.05) is 40.9 Å². The first kappa shape index (κ1) is 28.4. The summed E-state index contributed by atoms with van der Waals surface area (Å²) >= 11 is 14.0. The van der Waals surface area contributed by atoms with Gasteiger partial charge >= 0.3 is 6.03 Å². The zero-order chi connectivity index (χ0) is 28.3. The topological polar surface area (TPSA) is 114 Å². The van der Waals surface area contributed by atoms with Crippen LogP contribution in [0.25, 0.3) is 6.08 Å². The van der Waals surface area contributed by atoms with Gasteiger partial charge in [-0.05, 0) is 83.6 Å². The predicted octanol–water partition coefficient (Wildman–Crippen LogP) is 5.60. The third-order valence-corrected chi connectivity index (χ3v) is 7.05. The molecule has 12 heteroatoms. The number of nitrogens with one attached hydrogen (secondary N) is 2. The molecule has 0 bridgehead atoms. The number of ether oxygens (including phenoxy) is 2. The van der Waals surface area contributed by atoms with E-state index in [0.29, 0.717) is 20.6 Å². The molecular formula is C27H20Cl2IN3O6. The second-order valence-electron chi connectivity index (χ2n) is 8.29. The molecule has 1 aliphatic rings. The van der Waals surface area contributed by atoms with Crippen LogP contribution in [0.4, 0.5) is 16.2 Å². The summed E-state index contributed by atoms with van der Waals surface area (Å²) in [6.45, 7) is 1.67. The van der Waals surface area contributed by atoms with E-state index in [9.17, 15) is 19.2 Å². The van der Waals surface area contributed by atoms with Gasteiger partial charge < -0.3 is 14.8 Å². The van der Waals surface area contributed by atoms with Crippen LogP contribution in [0.5, 0.6) is 11.5 Å². The van der Waals surface area contributed by atoms with E-state index in [1.165, 1.54) is 31.4 Å². The molecule has 9 nitrogen and oxygen atoms in total. The molecule has 3 aromatic carbocycles. The van der Waals surface area contributed by atoms with Gasteiger partial charge in [-0.3, -0.25) is 19.7 Å². The van der Waals surface area contributed by atoms with Gasteiger partial charge in [0.15, 0.2) is 18.1 Å². The number of carbonyl (C=O) groups is 4. The lowest BCUT2D eigenvalue weighted by atomic mass is 10.1. The van der Waals surface area contributed by atoms with Gasteiger partial charge in [-0.25, -0.2) is 9.69 Å². The highest BCUT2D eigenvalue weighted by atomic mass is 127. The van der Waals surface area contributed by atoms with Crippen molar-refractivity contribution >= 4 is 87.0 Å². The number of imide groups is 2. The molecule has 0 saturated carbocycles. The Morgan fingerprint density at radius 3 is 2.44 bits per heavy atom. The molecule has 200 valence electrons. The summed E-state index contributed by atoms with van der Waals surface area (Å²) in [5.41, 5.74) is 1.99. The van der Waals surface area contributed by atoms with E-state index >= 15 is 0 Å². The number of carbonyl (C=O) groups excluding carboxylic acids is 4. The van der Waals surface area contributed by atoms with Gasteiger partial charge in [-0.15, -0.1) is 0 Å². The largest absolute Gasteiger partial charge is 0.493 e. The number of rotatable bonds is 7. The maximum Gasteiger partial charge on any atom is 0.335 e. The number of aryl methyl sites for hydroxylation is 1. The Kier molecular flexibility index (Phi) is 8.78. The van der Waals surface area contributed by atoms with Crippen molar-refractivity contribution < 1.29 is 28.7 Å². The fraction of sp³-hybridized carbons (Fsp3) is 0.111. The minimum absolute atomic E-state index is 0.139. The van der Waals surface area contributed by atoms with Crippen LogP contribution in [-0.2, 0) is 14.4 Å². The van der Waals surface area contributed by atoms with Crippen molar-refractivity contribution in [1.82, 2.24) is 5.32 Å². The number of halogens is 3. The molecule has 0 aromatic heterocycles. The molecule has 0 atom stereocenters. The molecule has 0 radical (unpaired) electrons. The van der Waals surface area contributed by atoms with Crippen molar-refractivity contribution in [3.8, 4) is 11.5 Å². The molecule has 1 aliphatic heterocycles. The van der Waals surface area contributed by atoms with Crippen molar-refractivity contribution in [2.45, 2.75) is 6.92 Å².